The number of fused-ring (bicyclic) bond motifs is 5. The van der Waals surface area contributed by atoms with Gasteiger partial charge in [-0.1, -0.05) is 31.1 Å². The largest absolute Gasteiger partial charge is 0.300 e. The molecule has 0 aromatic heterocycles. The molecule has 5 atom stereocenters. The van der Waals surface area contributed by atoms with Crippen LogP contribution in [0, 0.1) is 28.6 Å². The van der Waals surface area contributed by atoms with Crippen LogP contribution in [0.25, 0.3) is 0 Å². The van der Waals surface area contributed by atoms with Gasteiger partial charge in [-0.2, -0.15) is 0 Å². The fourth-order valence-corrected chi connectivity index (χ4v) is 6.86. The van der Waals surface area contributed by atoms with Gasteiger partial charge < -0.3 is 4.79 Å². The zero-order chi connectivity index (χ0) is 19.4. The third-order valence-corrected chi connectivity index (χ3v) is 8.45. The molecule has 0 saturated heterocycles. The van der Waals surface area contributed by atoms with E-state index in [1.54, 1.807) is 12.5 Å². The molecule has 2 fully saturated rings. The highest BCUT2D eigenvalue weighted by molar-refractivity contribution is 5.92. The van der Waals surface area contributed by atoms with Gasteiger partial charge in [-0.25, -0.2) is 0 Å². The van der Waals surface area contributed by atoms with Gasteiger partial charge in [0.15, 0.2) is 5.78 Å². The number of Topliss-reactive ketones (excluding diaryl/α,β-unsaturated/α-hetero) is 2. The molecule has 4 aliphatic rings. The molecule has 0 aliphatic heterocycles. The van der Waals surface area contributed by atoms with Gasteiger partial charge in [0.05, 0.1) is 0 Å². The third-order valence-electron chi connectivity index (χ3n) is 8.45. The molecule has 3 heteroatoms. The zero-order valence-electron chi connectivity index (χ0n) is 17.0. The molecule has 146 valence electrons. The lowest BCUT2D eigenvalue weighted by Crippen LogP contribution is -2.45. The van der Waals surface area contributed by atoms with E-state index in [2.05, 4.69) is 19.9 Å². The molecule has 0 radical (unpaired) electrons. The van der Waals surface area contributed by atoms with Crippen LogP contribution in [0.2, 0.25) is 0 Å². The van der Waals surface area contributed by atoms with Crippen LogP contribution in [-0.2, 0) is 14.4 Å². The minimum Gasteiger partial charge on any atom is -0.300 e. The lowest BCUT2D eigenvalue weighted by Gasteiger charge is -2.53. The van der Waals surface area contributed by atoms with Gasteiger partial charge >= 0.3 is 0 Å². The van der Waals surface area contributed by atoms with Gasteiger partial charge in [-0.15, -0.1) is 0 Å². The van der Waals surface area contributed by atoms with Crippen molar-refractivity contribution in [2.75, 3.05) is 0 Å². The van der Waals surface area contributed by atoms with Crippen molar-refractivity contribution in [2.45, 2.75) is 78.6 Å². The van der Waals surface area contributed by atoms with E-state index in [4.69, 9.17) is 0 Å². The highest BCUT2D eigenvalue weighted by Gasteiger charge is 2.57. The molecule has 5 unspecified atom stereocenters. The molecule has 0 aromatic rings. The van der Waals surface area contributed by atoms with E-state index in [0.717, 1.165) is 38.5 Å². The molecule has 0 heterocycles. The molecular weight excluding hydrogens is 336 g/mol. The highest BCUT2D eigenvalue weighted by Crippen LogP contribution is 2.64. The molecule has 4 rings (SSSR count). The van der Waals surface area contributed by atoms with Gasteiger partial charge in [-0.3, -0.25) is 9.59 Å². The van der Waals surface area contributed by atoms with Crippen molar-refractivity contribution in [2.24, 2.45) is 28.6 Å². The molecule has 27 heavy (non-hydrogen) atoms. The number of carbonyl (C=O) groups is 3. The third kappa shape index (κ3) is 2.89. The molecular formula is C24H32O3. The summed E-state index contributed by atoms with van der Waals surface area (Å²) < 4.78 is 0. The number of carbonyl (C=O) groups excluding carboxylic acids is 3. The summed E-state index contributed by atoms with van der Waals surface area (Å²) in [5, 5.41) is 0. The smallest absolute Gasteiger partial charge is 0.155 e. The Morgan fingerprint density at radius 2 is 1.89 bits per heavy atom. The Morgan fingerprint density at radius 1 is 1.11 bits per heavy atom. The highest BCUT2D eigenvalue weighted by atomic mass is 16.1. The van der Waals surface area contributed by atoms with E-state index in [9.17, 15) is 14.4 Å². The van der Waals surface area contributed by atoms with Crippen LogP contribution < -0.4 is 0 Å². The topological polar surface area (TPSA) is 51.2 Å². The van der Waals surface area contributed by atoms with Gasteiger partial charge in [0, 0.05) is 30.6 Å². The minimum absolute atomic E-state index is 0.0457. The monoisotopic (exact) mass is 368 g/mol. The summed E-state index contributed by atoms with van der Waals surface area (Å²) in [6.45, 7) is 6.24. The lowest BCUT2D eigenvalue weighted by molar-refractivity contribution is -0.129. The van der Waals surface area contributed by atoms with Gasteiger partial charge in [0.2, 0.25) is 0 Å². The van der Waals surface area contributed by atoms with Crippen LogP contribution in [0.15, 0.2) is 23.3 Å². The number of ketones is 3. The van der Waals surface area contributed by atoms with Crippen LogP contribution in [0.1, 0.15) is 78.6 Å². The second kappa shape index (κ2) is 6.53. The quantitative estimate of drug-likeness (QED) is 0.657. The summed E-state index contributed by atoms with van der Waals surface area (Å²) in [6.07, 6.45) is 12.0. The Hall–Kier alpha value is -1.51. The average molecular weight is 369 g/mol. The second-order valence-corrected chi connectivity index (χ2v) is 9.89. The molecule has 0 N–H and O–H groups in total. The fourth-order valence-electron chi connectivity index (χ4n) is 6.86. The van der Waals surface area contributed by atoms with Crippen molar-refractivity contribution in [1.29, 1.82) is 0 Å². The maximum Gasteiger partial charge on any atom is 0.155 e. The molecule has 0 amide bonds. The Morgan fingerprint density at radius 3 is 2.63 bits per heavy atom. The van der Waals surface area contributed by atoms with Crippen molar-refractivity contribution < 1.29 is 14.4 Å². The maximum absolute atomic E-state index is 12.9. The fraction of sp³-hybridized carbons (Fsp3) is 0.708. The molecule has 4 aliphatic carbocycles. The van der Waals surface area contributed by atoms with Crippen LogP contribution in [-0.4, -0.2) is 17.3 Å². The van der Waals surface area contributed by atoms with E-state index < -0.39 is 0 Å². The summed E-state index contributed by atoms with van der Waals surface area (Å²) in [6, 6.07) is 0. The van der Waals surface area contributed by atoms with Crippen molar-refractivity contribution in [3.8, 4) is 0 Å². The number of hydrogen-bond acceptors (Lipinski definition) is 3. The van der Waals surface area contributed by atoms with Crippen LogP contribution in [0.4, 0.5) is 0 Å². The Balaban J connectivity index is 1.61. The Bertz CT molecular complexity index is 758. The van der Waals surface area contributed by atoms with Crippen molar-refractivity contribution >= 4 is 17.3 Å². The SMILES string of the molecule is CC(=O)CCC(=O)C1CCC2C3CCC4=CC(=O)CCC4(C)C3=CCC12C. The normalized spacial score (nSPS) is 40.4. The first kappa shape index (κ1) is 18.8. The lowest BCUT2D eigenvalue weighted by atomic mass is 9.51. The van der Waals surface area contributed by atoms with Crippen molar-refractivity contribution in [1.82, 2.24) is 0 Å². The molecule has 0 aromatic carbocycles. The van der Waals surface area contributed by atoms with Crippen molar-refractivity contribution in [3.63, 3.8) is 0 Å². The summed E-state index contributed by atoms with van der Waals surface area (Å²) in [5.41, 5.74) is 3.02. The minimum atomic E-state index is 0.0457. The second-order valence-electron chi connectivity index (χ2n) is 9.89. The van der Waals surface area contributed by atoms with E-state index in [1.165, 1.54) is 5.57 Å². The molecule has 0 spiro atoms. The first-order valence-corrected chi connectivity index (χ1v) is 10.7. The van der Waals surface area contributed by atoms with E-state index >= 15 is 0 Å². The Kier molecular flexibility index (Phi) is 4.56. The standard InChI is InChI=1S/C24H32O3/c1-15(25)4-9-22(27)21-8-7-19-18-6-5-16-14-17(26)10-12-23(16,2)20(18)11-13-24(19,21)3/h11,14,18-19,21H,4-10,12-13H2,1-3H3. The van der Waals surface area contributed by atoms with Crippen molar-refractivity contribution in [3.05, 3.63) is 23.3 Å². The first-order valence-electron chi connectivity index (χ1n) is 10.7. The summed E-state index contributed by atoms with van der Waals surface area (Å²) >= 11 is 0. The summed E-state index contributed by atoms with van der Waals surface area (Å²) in [4.78, 5) is 36.1. The summed E-state index contributed by atoms with van der Waals surface area (Å²) in [5.74, 6) is 1.94. The number of hydrogen-bond donors (Lipinski definition) is 0. The van der Waals surface area contributed by atoms with Crippen LogP contribution >= 0.6 is 0 Å². The van der Waals surface area contributed by atoms with Crippen LogP contribution in [0.5, 0.6) is 0 Å². The predicted molar refractivity (Wildman–Crippen MR) is 105 cm³/mol. The molecule has 2 saturated carbocycles. The molecule has 0 bridgehead atoms. The number of allylic oxidation sites excluding steroid dienone is 4. The van der Waals surface area contributed by atoms with Gasteiger partial charge in [-0.05, 0) is 68.8 Å². The van der Waals surface area contributed by atoms with Gasteiger partial charge in [0.1, 0.15) is 11.6 Å². The van der Waals surface area contributed by atoms with Gasteiger partial charge in [0.25, 0.3) is 0 Å². The van der Waals surface area contributed by atoms with E-state index in [1.807, 2.05) is 6.08 Å². The van der Waals surface area contributed by atoms with E-state index in [-0.39, 0.29) is 22.5 Å². The zero-order valence-corrected chi connectivity index (χ0v) is 17.0. The first-order chi connectivity index (χ1) is 12.8. The maximum atomic E-state index is 12.9. The predicted octanol–water partition coefficient (Wildman–Crippen LogP) is 4.99. The van der Waals surface area contributed by atoms with Crippen LogP contribution in [0.3, 0.4) is 0 Å². The number of rotatable bonds is 4. The Labute approximate surface area is 162 Å². The molecule has 3 nitrogen and oxygen atoms in total. The average Bonchev–Trinajstić information content (AvgIpc) is 2.97. The van der Waals surface area contributed by atoms with E-state index in [0.29, 0.717) is 42.7 Å². The summed E-state index contributed by atoms with van der Waals surface area (Å²) in [7, 11) is 0.